The Balaban J connectivity index is 1.57. The molecular formula is C29H23N4O16S4-. The van der Waals surface area contributed by atoms with Crippen molar-refractivity contribution in [3.05, 3.63) is 62.7 Å². The van der Waals surface area contributed by atoms with Crippen molar-refractivity contribution >= 4 is 91.5 Å². The van der Waals surface area contributed by atoms with E-state index in [-0.39, 0.29) is 55.4 Å². The molecule has 0 unspecified atom stereocenters. The number of thiocarbonyl (C=S) groups is 1. The van der Waals surface area contributed by atoms with Gasteiger partial charge in [-0.3, -0.25) is 42.8 Å². The van der Waals surface area contributed by atoms with Crippen molar-refractivity contribution < 1.29 is 66.4 Å². The number of thiazole rings is 2. The summed E-state index contributed by atoms with van der Waals surface area (Å²) in [6, 6.07) is 3.13. The fraction of sp³-hybridized carbons (Fsp3) is 0.276. The normalized spacial score (nSPS) is 18.0. The molecule has 2 aromatic heterocycles. The number of hydrogen-bond acceptors (Lipinski definition) is 17. The van der Waals surface area contributed by atoms with Gasteiger partial charge in [-0.25, -0.2) is 8.42 Å². The molecule has 5 heterocycles. The van der Waals surface area contributed by atoms with E-state index in [0.717, 1.165) is 4.57 Å². The molecule has 3 aromatic rings. The number of fused-ring (bicyclic) bond motifs is 2. The quantitative estimate of drug-likeness (QED) is 0.147. The largest absolute Gasteiger partial charge is 0.748 e. The van der Waals surface area contributed by atoms with Crippen LogP contribution in [0.1, 0.15) is 13.3 Å². The molecule has 1 aromatic carbocycles. The standard InChI is InChI=1S/C29H24N4O16S4/c1-12(26-30(3-2-4-53(43,44)45)13-6-15-16(47-11-46-15)7-14(13)48-26)5-17-23(40)31(8-18(34)35)28(51-17)22-25(42)32(9-19(36)37)27(52-22)21-24(41)33(10-20(38)39)29(50)49-21/h5-7H,2-4,8-11H2,1H3,(H,34,35)(H,36,37)(H,38,39)(H,43,44,45)/p-1/b17-5?,26-12?,27-21+,28-22+. The molecule has 0 spiro atoms. The highest BCUT2D eigenvalue weighted by Crippen LogP contribution is 2.48. The summed E-state index contributed by atoms with van der Waals surface area (Å²) >= 11 is 6.12. The molecular weight excluding hydrogens is 789 g/mol. The third-order valence-corrected chi connectivity index (χ3v) is 11.1. The zero-order chi connectivity index (χ0) is 38.5. The van der Waals surface area contributed by atoms with Crippen LogP contribution in [0.5, 0.6) is 17.2 Å². The number of carboxylic acids is 3. The lowest BCUT2D eigenvalue weighted by molar-refractivity contribution is -0.140. The van der Waals surface area contributed by atoms with Crippen LogP contribution in [-0.2, 0) is 47.1 Å². The summed E-state index contributed by atoms with van der Waals surface area (Å²) < 4.78 is 56.6. The lowest BCUT2D eigenvalue weighted by atomic mass is 10.2. The van der Waals surface area contributed by atoms with Crippen molar-refractivity contribution in [3.63, 3.8) is 0 Å². The summed E-state index contributed by atoms with van der Waals surface area (Å²) in [7, 11) is -4.56. The van der Waals surface area contributed by atoms with Gasteiger partial charge in [0.05, 0.1) is 20.3 Å². The minimum atomic E-state index is -4.56. The number of amides is 1. The van der Waals surface area contributed by atoms with Crippen LogP contribution in [0.3, 0.4) is 0 Å². The van der Waals surface area contributed by atoms with Crippen LogP contribution in [0.25, 0.3) is 11.8 Å². The van der Waals surface area contributed by atoms with E-state index in [1.807, 2.05) is 0 Å². The van der Waals surface area contributed by atoms with Crippen molar-refractivity contribution in [3.8, 4) is 17.2 Å². The summed E-state index contributed by atoms with van der Waals surface area (Å²) in [6.45, 7) is -1.37. The zero-order valence-corrected chi connectivity index (χ0v) is 30.0. The highest BCUT2D eigenvalue weighted by atomic mass is 32.2. The third kappa shape index (κ3) is 7.39. The molecule has 3 N–H and O–H groups in total. The number of rotatable bonds is 11. The van der Waals surface area contributed by atoms with Crippen LogP contribution in [0.15, 0.2) is 33.2 Å². The molecule has 1 saturated heterocycles. The first-order chi connectivity index (χ1) is 24.9. The first-order valence-corrected chi connectivity index (χ1v) is 18.5. The summed E-state index contributed by atoms with van der Waals surface area (Å²) in [6.07, 6.45) is 1.22. The van der Waals surface area contributed by atoms with E-state index >= 15 is 0 Å². The first-order valence-electron chi connectivity index (χ1n) is 14.9. The molecule has 0 bridgehead atoms. The molecule has 53 heavy (non-hydrogen) atoms. The Morgan fingerprint density at radius 1 is 0.887 bits per heavy atom. The lowest BCUT2D eigenvalue weighted by Crippen LogP contribution is -2.35. The molecule has 1 fully saturated rings. The topological polar surface area (TPSA) is 274 Å². The van der Waals surface area contributed by atoms with E-state index in [1.165, 1.54) is 13.0 Å². The highest BCUT2D eigenvalue weighted by Gasteiger charge is 2.37. The lowest BCUT2D eigenvalue weighted by Gasteiger charge is -2.20. The van der Waals surface area contributed by atoms with Crippen molar-refractivity contribution in [1.29, 1.82) is 0 Å². The van der Waals surface area contributed by atoms with Crippen LogP contribution in [0, 0.1) is 9.20 Å². The molecule has 0 atom stereocenters. The van der Waals surface area contributed by atoms with Gasteiger partial charge in [0.15, 0.2) is 17.2 Å². The Morgan fingerprint density at radius 3 is 2.13 bits per heavy atom. The number of allylic oxidation sites excluding steroid dienone is 1. The molecule has 6 rings (SSSR count). The number of carboxylic acid groups (broad SMARTS) is 3. The number of hydrogen-bond donors (Lipinski definition) is 3. The van der Waals surface area contributed by atoms with Crippen LogP contribution < -0.4 is 39.4 Å². The summed E-state index contributed by atoms with van der Waals surface area (Å²) in [5.74, 6) is -5.70. The van der Waals surface area contributed by atoms with Crippen molar-refractivity contribution in [1.82, 2.24) is 14.0 Å². The maximum atomic E-state index is 13.8. The summed E-state index contributed by atoms with van der Waals surface area (Å²) in [4.78, 5) is 77.7. The van der Waals surface area contributed by atoms with Gasteiger partial charge in [0.2, 0.25) is 18.4 Å². The second-order valence-corrected chi connectivity index (χ2v) is 15.1. The second-order valence-electron chi connectivity index (χ2n) is 11.2. The third-order valence-electron chi connectivity index (χ3n) is 7.57. The molecule has 3 aliphatic heterocycles. The van der Waals surface area contributed by atoms with Gasteiger partial charge in [-0.2, -0.15) is 0 Å². The number of nitrogens with zero attached hydrogens (tertiary/aromatic N) is 4. The Kier molecular flexibility index (Phi) is 9.90. The predicted octanol–water partition coefficient (Wildman–Crippen LogP) is -1.50. The zero-order valence-electron chi connectivity index (χ0n) is 26.8. The van der Waals surface area contributed by atoms with Crippen LogP contribution in [-0.4, -0.2) is 96.9 Å². The van der Waals surface area contributed by atoms with Crippen LogP contribution >= 0.6 is 34.9 Å². The minimum Gasteiger partial charge on any atom is -0.748 e. The molecule has 24 heteroatoms. The molecule has 0 radical (unpaired) electrons. The Morgan fingerprint density at radius 2 is 1.51 bits per heavy atom. The van der Waals surface area contributed by atoms with Crippen molar-refractivity contribution in [2.24, 2.45) is 0 Å². The van der Waals surface area contributed by atoms with E-state index in [4.69, 9.17) is 31.2 Å². The number of ether oxygens (including phenoxy) is 4. The number of benzene rings is 1. The Bertz CT molecular complexity index is 2640. The number of carbonyl (C=O) groups excluding carboxylic acids is 1. The van der Waals surface area contributed by atoms with Gasteiger partial charge >= 0.3 is 23.8 Å². The monoisotopic (exact) mass is 811 g/mol. The van der Waals surface area contributed by atoms with E-state index in [1.54, 1.807) is 17.0 Å². The average Bonchev–Trinajstić information content (AvgIpc) is 3.86. The maximum absolute atomic E-state index is 13.8. The number of aromatic nitrogens is 2. The van der Waals surface area contributed by atoms with E-state index in [9.17, 15) is 57.1 Å². The molecule has 0 saturated carbocycles. The number of carbonyl (C=O) groups is 4. The SMILES string of the molecule is CC(C=c1s/c(=c2/s/c(=C3/OC(=S)N(CC(=O)O)C3=O)n(CC(=O)O)c2=O)n(CC(=O)O)c1=O)=C1Oc2cc3c(cc2N1CCCS(=O)(=O)[O-])OCO3. The van der Waals surface area contributed by atoms with E-state index < -0.39 is 81.4 Å². The van der Waals surface area contributed by atoms with Gasteiger partial charge in [-0.05, 0) is 31.6 Å². The molecule has 1 amide bonds. The fourth-order valence-electron chi connectivity index (χ4n) is 5.41. The molecule has 3 aliphatic rings. The van der Waals surface area contributed by atoms with Gasteiger partial charge in [0, 0.05) is 30.0 Å². The van der Waals surface area contributed by atoms with Gasteiger partial charge in [-0.1, -0.05) is 0 Å². The highest BCUT2D eigenvalue weighted by molar-refractivity contribution is 7.85. The predicted molar refractivity (Wildman–Crippen MR) is 183 cm³/mol. The number of anilines is 1. The average molecular weight is 812 g/mol. The van der Waals surface area contributed by atoms with Crippen molar-refractivity contribution in [2.45, 2.75) is 26.4 Å². The number of aliphatic carboxylic acids is 3. The van der Waals surface area contributed by atoms with E-state index in [2.05, 4.69) is 0 Å². The second kappa shape index (κ2) is 14.1. The van der Waals surface area contributed by atoms with E-state index in [0.29, 0.717) is 49.3 Å². The summed E-state index contributed by atoms with van der Waals surface area (Å²) in [5.41, 5.74) is -1.21. The molecule has 20 nitrogen and oxygen atoms in total. The van der Waals surface area contributed by atoms with Crippen LogP contribution in [0.2, 0.25) is 0 Å². The fourth-order valence-corrected chi connectivity index (χ4v) is 8.52. The van der Waals surface area contributed by atoms with Crippen molar-refractivity contribution in [2.75, 3.05) is 30.5 Å². The van der Waals surface area contributed by atoms with Gasteiger partial charge < -0.3 is 43.7 Å². The van der Waals surface area contributed by atoms with Gasteiger partial charge in [0.1, 0.15) is 33.5 Å². The molecule has 280 valence electrons. The van der Waals surface area contributed by atoms with Gasteiger partial charge in [-0.15, -0.1) is 22.7 Å². The summed E-state index contributed by atoms with van der Waals surface area (Å²) in [5, 5.41) is 27.8. The smallest absolute Gasteiger partial charge is 0.323 e. The first kappa shape index (κ1) is 37.2. The Hall–Kier alpha value is -5.56. The Labute approximate surface area is 307 Å². The minimum absolute atomic E-state index is 0.0262. The maximum Gasteiger partial charge on any atom is 0.323 e. The molecule has 0 aliphatic carbocycles. The van der Waals surface area contributed by atoms with Crippen LogP contribution in [0.4, 0.5) is 5.69 Å². The van der Waals surface area contributed by atoms with Gasteiger partial charge in [0.25, 0.3) is 16.3 Å².